The maximum Gasteiger partial charge on any atom is 0.289 e. The summed E-state index contributed by atoms with van der Waals surface area (Å²) in [5.41, 5.74) is 2.38. The van der Waals surface area contributed by atoms with Crippen molar-refractivity contribution >= 4 is 45.0 Å². The summed E-state index contributed by atoms with van der Waals surface area (Å²) in [4.78, 5) is 44.0. The fraction of sp³-hybridized carbons (Fsp3) is 0.385. The van der Waals surface area contributed by atoms with Gasteiger partial charge in [-0.15, -0.1) is 0 Å². The quantitative estimate of drug-likeness (QED) is 0.237. The molecule has 1 rings (SSSR count). The van der Waals surface area contributed by atoms with Crippen LogP contribution in [0.2, 0.25) is 0 Å². The fourth-order valence-corrected chi connectivity index (χ4v) is 3.91. The van der Waals surface area contributed by atoms with Crippen LogP contribution in [0.5, 0.6) is 0 Å². The Morgan fingerprint density at radius 2 is 1.80 bits per heavy atom. The van der Waals surface area contributed by atoms with E-state index in [-0.39, 0.29) is 5.41 Å². The number of rotatable bonds is 7. The average Bonchev–Trinajstić information content (AvgIpc) is 2.48. The molecule has 0 saturated heterocycles. The monoisotopic (exact) mass is 388 g/mol. The number of nitrogens with one attached hydrogen (secondary N) is 1. The molecule has 0 bridgehead atoms. The zero-order valence-electron chi connectivity index (χ0n) is 13.6. The molecule has 10 nitrogen and oxygen atoms in total. The third-order valence-corrected chi connectivity index (χ3v) is 5.02. The molecule has 0 aliphatic carbocycles. The number of nitrogens with zero attached hydrogens (tertiary/aromatic N) is 2. The van der Waals surface area contributed by atoms with Crippen LogP contribution in [0, 0.1) is 25.6 Å². The molecule has 2 amide bonds. The Hall–Kier alpha value is -2.34. The number of nitro groups is 2. The van der Waals surface area contributed by atoms with Crippen LogP contribution in [0.3, 0.4) is 0 Å². The molecule has 3 N–H and O–H groups in total. The largest absolute Gasteiger partial charge is 0.366 e. The molecule has 0 radical (unpaired) electrons. The predicted octanol–water partition coefficient (Wildman–Crippen LogP) is 2.67. The summed E-state index contributed by atoms with van der Waals surface area (Å²) in [5, 5.41) is 22.0. The van der Waals surface area contributed by atoms with Crippen molar-refractivity contribution in [1.29, 1.82) is 0 Å². The highest BCUT2D eigenvalue weighted by molar-refractivity contribution is 8.76. The van der Waals surface area contributed by atoms with E-state index in [4.69, 9.17) is 5.73 Å². The zero-order chi connectivity index (χ0) is 19.4. The fourth-order valence-electron chi connectivity index (χ4n) is 1.62. The van der Waals surface area contributed by atoms with Crippen LogP contribution in [-0.2, 0) is 0 Å². The maximum atomic E-state index is 12.3. The molecule has 0 heterocycles. The van der Waals surface area contributed by atoms with Crippen molar-refractivity contribution < 1.29 is 19.4 Å². The highest BCUT2D eigenvalue weighted by atomic mass is 33.1. The van der Waals surface area contributed by atoms with Crippen molar-refractivity contribution in [3.8, 4) is 0 Å². The van der Waals surface area contributed by atoms with Gasteiger partial charge < -0.3 is 5.73 Å². The molecular weight excluding hydrogens is 372 g/mol. The maximum absolute atomic E-state index is 12.3. The van der Waals surface area contributed by atoms with Gasteiger partial charge in [-0.1, -0.05) is 31.6 Å². The number of hydrogen-bond donors (Lipinski definition) is 2. The lowest BCUT2D eigenvalue weighted by atomic mass is 10.0. The predicted molar refractivity (Wildman–Crippen MR) is 95.2 cm³/mol. The second-order valence-corrected chi connectivity index (χ2v) is 8.21. The Bertz CT molecular complexity index is 697. The van der Waals surface area contributed by atoms with Gasteiger partial charge in [-0.25, -0.2) is 0 Å². The Balaban J connectivity index is 3.19. The number of carbonyl (C=O) groups excluding carboxylic acids is 2. The van der Waals surface area contributed by atoms with Gasteiger partial charge in [0.05, 0.1) is 21.5 Å². The zero-order valence-corrected chi connectivity index (χ0v) is 15.2. The normalized spacial score (nSPS) is 11.0. The number of non-ortho nitro benzene ring substituents is 1. The number of nitrogens with two attached hydrogens (primary N) is 1. The van der Waals surface area contributed by atoms with Gasteiger partial charge >= 0.3 is 0 Å². The van der Waals surface area contributed by atoms with E-state index >= 15 is 0 Å². The lowest BCUT2D eigenvalue weighted by Crippen LogP contribution is -2.24. The molecule has 0 aromatic heterocycles. The summed E-state index contributed by atoms with van der Waals surface area (Å²) in [6.45, 7) is 5.98. The molecule has 0 aliphatic heterocycles. The number of hydrogen-bond acceptors (Lipinski definition) is 8. The first-order chi connectivity index (χ1) is 11.4. The van der Waals surface area contributed by atoms with Crippen molar-refractivity contribution in [1.82, 2.24) is 4.72 Å². The number of nitro benzene ring substituents is 2. The Morgan fingerprint density at radius 1 is 1.20 bits per heavy atom. The minimum Gasteiger partial charge on any atom is -0.366 e. The Morgan fingerprint density at radius 3 is 2.24 bits per heavy atom. The second kappa shape index (κ2) is 8.16. The van der Waals surface area contributed by atoms with Crippen LogP contribution < -0.4 is 10.5 Å². The highest BCUT2D eigenvalue weighted by Gasteiger charge is 2.31. The van der Waals surface area contributed by atoms with Gasteiger partial charge in [0.1, 0.15) is 5.56 Å². The summed E-state index contributed by atoms with van der Waals surface area (Å²) in [6, 6.07) is 1.37. The van der Waals surface area contributed by atoms with Gasteiger partial charge in [0, 0.05) is 22.8 Å². The van der Waals surface area contributed by atoms with Gasteiger partial charge in [0.15, 0.2) is 0 Å². The molecule has 0 fully saturated rings. The summed E-state index contributed by atoms with van der Waals surface area (Å²) in [5.74, 6) is -1.42. The summed E-state index contributed by atoms with van der Waals surface area (Å²) in [7, 11) is 2.25. The van der Waals surface area contributed by atoms with Crippen molar-refractivity contribution in [3.63, 3.8) is 0 Å². The second-order valence-electron chi connectivity index (χ2n) is 6.10. The Kier molecular flexibility index (Phi) is 6.76. The number of carbonyl (C=O) groups is 2. The van der Waals surface area contributed by atoms with E-state index in [0.29, 0.717) is 11.8 Å². The molecular formula is C13H16N4O6S2. The van der Waals surface area contributed by atoms with Crippen LogP contribution in [0.15, 0.2) is 12.1 Å². The van der Waals surface area contributed by atoms with Crippen LogP contribution in [0.4, 0.5) is 11.4 Å². The molecule has 0 saturated carbocycles. The highest BCUT2D eigenvalue weighted by Crippen LogP contribution is 2.31. The first-order valence-corrected chi connectivity index (χ1v) is 9.11. The van der Waals surface area contributed by atoms with E-state index in [1.54, 1.807) is 0 Å². The molecule has 25 heavy (non-hydrogen) atoms. The van der Waals surface area contributed by atoms with Crippen molar-refractivity contribution in [2.75, 3.05) is 5.75 Å². The van der Waals surface area contributed by atoms with Crippen molar-refractivity contribution in [2.24, 2.45) is 11.1 Å². The van der Waals surface area contributed by atoms with Gasteiger partial charge in [-0.05, 0) is 5.41 Å². The third kappa shape index (κ3) is 5.90. The first kappa shape index (κ1) is 20.7. The van der Waals surface area contributed by atoms with Gasteiger partial charge in [-0.3, -0.25) is 34.5 Å². The van der Waals surface area contributed by atoms with Crippen LogP contribution in [0.1, 0.15) is 41.5 Å². The molecule has 1 aromatic carbocycles. The summed E-state index contributed by atoms with van der Waals surface area (Å²) >= 11 is 0. The third-order valence-electron chi connectivity index (χ3n) is 2.69. The Labute approximate surface area is 150 Å². The number of benzene rings is 1. The molecule has 0 spiro atoms. The van der Waals surface area contributed by atoms with E-state index in [9.17, 15) is 29.8 Å². The smallest absolute Gasteiger partial charge is 0.289 e. The molecule has 0 atom stereocenters. The molecule has 0 unspecified atom stereocenters. The number of primary amides is 1. The molecule has 12 heteroatoms. The molecule has 136 valence electrons. The standard InChI is InChI=1S/C13H16N4O6S2/c1-13(2,3)6-24-25-15-12(19)10-8(11(14)18)4-7(16(20)21)5-9(10)17(22)23/h4-5H,6H2,1-3H3,(H2,14,18)(H,15,19). The lowest BCUT2D eigenvalue weighted by molar-refractivity contribution is -0.394. The van der Waals surface area contributed by atoms with Gasteiger partial charge in [0.25, 0.3) is 17.3 Å². The minimum absolute atomic E-state index is 0.000134. The summed E-state index contributed by atoms with van der Waals surface area (Å²) in [6.07, 6.45) is 0. The van der Waals surface area contributed by atoms with Gasteiger partial charge in [0.2, 0.25) is 5.91 Å². The van der Waals surface area contributed by atoms with E-state index < -0.39 is 44.2 Å². The SMILES string of the molecule is CC(C)(C)CSSNC(=O)c1c(C(N)=O)cc([N+](=O)[O-])cc1[N+](=O)[O-]. The van der Waals surface area contributed by atoms with Crippen LogP contribution in [-0.4, -0.2) is 27.4 Å². The summed E-state index contributed by atoms with van der Waals surface area (Å²) < 4.78 is 2.37. The van der Waals surface area contributed by atoms with E-state index in [0.717, 1.165) is 17.0 Å². The van der Waals surface area contributed by atoms with Crippen molar-refractivity contribution in [2.45, 2.75) is 20.8 Å². The van der Waals surface area contributed by atoms with Gasteiger partial charge in [-0.2, -0.15) is 0 Å². The van der Waals surface area contributed by atoms with E-state index in [1.807, 2.05) is 20.8 Å². The van der Waals surface area contributed by atoms with E-state index in [1.165, 1.54) is 10.8 Å². The average molecular weight is 388 g/mol. The first-order valence-electron chi connectivity index (χ1n) is 6.79. The molecule has 1 aromatic rings. The number of amides is 2. The van der Waals surface area contributed by atoms with Crippen LogP contribution >= 0.6 is 21.8 Å². The van der Waals surface area contributed by atoms with E-state index in [2.05, 4.69) is 4.72 Å². The van der Waals surface area contributed by atoms with Crippen molar-refractivity contribution in [3.05, 3.63) is 43.5 Å². The topological polar surface area (TPSA) is 158 Å². The molecule has 0 aliphatic rings. The lowest BCUT2D eigenvalue weighted by Gasteiger charge is -2.16. The minimum atomic E-state index is -1.18. The van der Waals surface area contributed by atoms with Crippen LogP contribution in [0.25, 0.3) is 0 Å².